The molecule has 2 nitrogen and oxygen atoms in total. The standard InChI is InChI=1S/C39H79F3N2/c1-38(39(40,41)42,34-30-26-22-18-14-10-6-2-4-8-12-16-20-24-28-32-36-43)35-31-27-23-19-15-11-7-3-5-9-13-17-21-25-29-33-37-44/h2-37,43-44H2,1H3. The predicted octanol–water partition coefficient (Wildman–Crippen LogP) is 13.7. The average molecular weight is 633 g/mol. The summed E-state index contributed by atoms with van der Waals surface area (Å²) in [5.41, 5.74) is 9.57. The van der Waals surface area contributed by atoms with Gasteiger partial charge in [-0.3, -0.25) is 0 Å². The van der Waals surface area contributed by atoms with Gasteiger partial charge in [-0.15, -0.1) is 0 Å². The van der Waals surface area contributed by atoms with E-state index in [1.54, 1.807) is 0 Å². The van der Waals surface area contributed by atoms with Crippen molar-refractivity contribution < 1.29 is 13.2 Å². The van der Waals surface area contributed by atoms with Crippen LogP contribution in [-0.2, 0) is 0 Å². The van der Waals surface area contributed by atoms with Crippen LogP contribution in [0.15, 0.2) is 0 Å². The normalized spacial score (nSPS) is 12.4. The Morgan fingerprint density at radius 3 is 0.614 bits per heavy atom. The van der Waals surface area contributed by atoms with Crippen LogP contribution in [0, 0.1) is 5.41 Å². The second kappa shape index (κ2) is 32.6. The third-order valence-electron chi connectivity index (χ3n) is 10.0. The van der Waals surface area contributed by atoms with Crippen molar-refractivity contribution in [2.45, 2.75) is 231 Å². The Kier molecular flexibility index (Phi) is 32.4. The summed E-state index contributed by atoms with van der Waals surface area (Å²) >= 11 is 0. The van der Waals surface area contributed by atoms with Gasteiger partial charge in [-0.2, -0.15) is 13.2 Å². The molecule has 0 aliphatic heterocycles. The van der Waals surface area contributed by atoms with Crippen LogP contribution < -0.4 is 11.5 Å². The molecular formula is C39H79F3N2. The van der Waals surface area contributed by atoms with E-state index in [1.165, 1.54) is 174 Å². The molecule has 0 heterocycles. The molecule has 0 spiro atoms. The molecule has 0 fully saturated rings. The van der Waals surface area contributed by atoms with Crippen LogP contribution in [0.3, 0.4) is 0 Å². The van der Waals surface area contributed by atoms with Crippen molar-refractivity contribution in [1.82, 2.24) is 0 Å². The molecule has 0 aromatic heterocycles. The first-order valence-corrected chi connectivity index (χ1v) is 19.8. The lowest BCUT2D eigenvalue weighted by Crippen LogP contribution is -2.35. The fourth-order valence-electron chi connectivity index (χ4n) is 6.68. The number of hydrogen-bond acceptors (Lipinski definition) is 2. The minimum Gasteiger partial charge on any atom is -0.330 e. The second-order valence-electron chi connectivity index (χ2n) is 14.4. The first-order chi connectivity index (χ1) is 21.4. The molecule has 0 aromatic carbocycles. The fraction of sp³-hybridized carbons (Fsp3) is 1.00. The minimum atomic E-state index is -4.08. The summed E-state index contributed by atoms with van der Waals surface area (Å²) in [4.78, 5) is 0. The lowest BCUT2D eigenvalue weighted by atomic mass is 9.79. The highest BCUT2D eigenvalue weighted by molar-refractivity contribution is 4.82. The van der Waals surface area contributed by atoms with Crippen molar-refractivity contribution in [3.63, 3.8) is 0 Å². The third kappa shape index (κ3) is 29.1. The summed E-state index contributed by atoms with van der Waals surface area (Å²) in [7, 11) is 0. The molecule has 0 unspecified atom stereocenters. The highest BCUT2D eigenvalue weighted by Gasteiger charge is 2.49. The van der Waals surface area contributed by atoms with Crippen molar-refractivity contribution in [2.75, 3.05) is 13.1 Å². The van der Waals surface area contributed by atoms with Crippen LogP contribution in [0.25, 0.3) is 0 Å². The number of nitrogens with two attached hydrogens (primary N) is 2. The molecule has 0 bridgehead atoms. The van der Waals surface area contributed by atoms with Crippen LogP contribution in [-0.4, -0.2) is 19.3 Å². The molecule has 4 N–H and O–H groups in total. The van der Waals surface area contributed by atoms with E-state index in [2.05, 4.69) is 0 Å². The quantitative estimate of drug-likeness (QED) is 0.0675. The van der Waals surface area contributed by atoms with Crippen molar-refractivity contribution in [1.29, 1.82) is 0 Å². The van der Waals surface area contributed by atoms with Gasteiger partial charge in [0, 0.05) is 0 Å². The highest BCUT2D eigenvalue weighted by atomic mass is 19.4. The zero-order valence-electron chi connectivity index (χ0n) is 29.7. The summed E-state index contributed by atoms with van der Waals surface area (Å²) < 4.78 is 41.7. The molecule has 266 valence electrons. The van der Waals surface area contributed by atoms with E-state index in [0.29, 0.717) is 12.8 Å². The van der Waals surface area contributed by atoms with Crippen LogP contribution in [0.5, 0.6) is 0 Å². The average Bonchev–Trinajstić information content (AvgIpc) is 2.99. The number of alkyl halides is 3. The minimum absolute atomic E-state index is 0.303. The lowest BCUT2D eigenvalue weighted by molar-refractivity contribution is -0.223. The molecular weight excluding hydrogens is 553 g/mol. The Labute approximate surface area is 274 Å². The highest BCUT2D eigenvalue weighted by Crippen LogP contribution is 2.46. The molecule has 0 radical (unpaired) electrons. The van der Waals surface area contributed by atoms with E-state index in [9.17, 15) is 13.2 Å². The van der Waals surface area contributed by atoms with Crippen molar-refractivity contribution in [2.24, 2.45) is 16.9 Å². The molecule has 0 saturated carbocycles. The van der Waals surface area contributed by atoms with Gasteiger partial charge in [-0.05, 0) is 38.8 Å². The van der Waals surface area contributed by atoms with Crippen LogP contribution >= 0.6 is 0 Å². The van der Waals surface area contributed by atoms with Gasteiger partial charge in [0.15, 0.2) is 0 Å². The summed E-state index contributed by atoms with van der Waals surface area (Å²) in [6.07, 6.45) is 36.0. The molecule has 0 aliphatic carbocycles. The summed E-state index contributed by atoms with van der Waals surface area (Å²) in [5.74, 6) is 0. The van der Waals surface area contributed by atoms with E-state index < -0.39 is 11.6 Å². The summed E-state index contributed by atoms with van der Waals surface area (Å²) in [5, 5.41) is 0. The second-order valence-corrected chi connectivity index (χ2v) is 14.4. The number of hydrogen-bond donors (Lipinski definition) is 2. The van der Waals surface area contributed by atoms with Gasteiger partial charge in [0.1, 0.15) is 0 Å². The van der Waals surface area contributed by atoms with Gasteiger partial charge in [-0.25, -0.2) is 0 Å². The van der Waals surface area contributed by atoms with E-state index in [1.807, 2.05) is 0 Å². The predicted molar refractivity (Wildman–Crippen MR) is 189 cm³/mol. The van der Waals surface area contributed by atoms with Gasteiger partial charge in [0.05, 0.1) is 5.41 Å². The van der Waals surface area contributed by atoms with Gasteiger partial charge in [-0.1, -0.05) is 200 Å². The van der Waals surface area contributed by atoms with E-state index in [4.69, 9.17) is 11.5 Å². The fourth-order valence-corrected chi connectivity index (χ4v) is 6.68. The number of halogens is 3. The van der Waals surface area contributed by atoms with Gasteiger partial charge < -0.3 is 11.5 Å². The van der Waals surface area contributed by atoms with Gasteiger partial charge in [0.25, 0.3) is 0 Å². The molecule has 0 amide bonds. The number of unbranched alkanes of at least 4 members (excludes halogenated alkanes) is 30. The van der Waals surface area contributed by atoms with E-state index >= 15 is 0 Å². The smallest absolute Gasteiger partial charge is 0.330 e. The Balaban J connectivity index is 3.61. The van der Waals surface area contributed by atoms with E-state index in [-0.39, 0.29) is 0 Å². The van der Waals surface area contributed by atoms with Gasteiger partial charge in [0.2, 0.25) is 0 Å². The largest absolute Gasteiger partial charge is 0.394 e. The first-order valence-electron chi connectivity index (χ1n) is 19.8. The van der Waals surface area contributed by atoms with Crippen molar-refractivity contribution >= 4 is 0 Å². The van der Waals surface area contributed by atoms with Crippen molar-refractivity contribution in [3.8, 4) is 0 Å². The van der Waals surface area contributed by atoms with Crippen molar-refractivity contribution in [3.05, 3.63) is 0 Å². The SMILES string of the molecule is CC(CCCCCCCCCCCCCCCCCCN)(CCCCCCCCCCCCCCCCCCN)C(F)(F)F. The summed E-state index contributed by atoms with van der Waals surface area (Å²) in [6, 6.07) is 0. The molecule has 0 rings (SSSR count). The van der Waals surface area contributed by atoms with E-state index in [0.717, 1.165) is 51.6 Å². The molecule has 5 heteroatoms. The Hall–Kier alpha value is -0.290. The monoisotopic (exact) mass is 633 g/mol. The molecule has 0 aromatic rings. The number of rotatable bonds is 36. The summed E-state index contributed by atoms with van der Waals surface area (Å²) in [6.45, 7) is 3.14. The maximum Gasteiger partial charge on any atom is 0.394 e. The maximum atomic E-state index is 13.9. The Morgan fingerprint density at radius 2 is 0.455 bits per heavy atom. The Morgan fingerprint density at radius 1 is 0.295 bits per heavy atom. The zero-order chi connectivity index (χ0) is 32.5. The zero-order valence-corrected chi connectivity index (χ0v) is 29.7. The molecule has 0 atom stereocenters. The Bertz CT molecular complexity index is 514. The van der Waals surface area contributed by atoms with Crippen LogP contribution in [0.1, 0.15) is 225 Å². The first kappa shape index (κ1) is 43.7. The van der Waals surface area contributed by atoms with Crippen LogP contribution in [0.2, 0.25) is 0 Å². The lowest BCUT2D eigenvalue weighted by Gasteiger charge is -2.32. The molecule has 0 saturated heterocycles. The van der Waals surface area contributed by atoms with Gasteiger partial charge >= 0.3 is 6.18 Å². The maximum absolute atomic E-state index is 13.9. The van der Waals surface area contributed by atoms with Crippen LogP contribution in [0.4, 0.5) is 13.2 Å². The molecule has 44 heavy (non-hydrogen) atoms. The topological polar surface area (TPSA) is 52.0 Å². The third-order valence-corrected chi connectivity index (χ3v) is 10.0. The molecule has 0 aliphatic rings.